The summed E-state index contributed by atoms with van der Waals surface area (Å²) in [5.74, 6) is -3.46. The van der Waals surface area contributed by atoms with Crippen LogP contribution in [0.15, 0.2) is 66.7 Å². The lowest BCUT2D eigenvalue weighted by Crippen LogP contribution is -2.52. The van der Waals surface area contributed by atoms with Gasteiger partial charge in [-0.05, 0) is 85.7 Å². The summed E-state index contributed by atoms with van der Waals surface area (Å²) in [6.07, 6.45) is 2.58. The van der Waals surface area contributed by atoms with Crippen LogP contribution in [-0.2, 0) is 9.59 Å². The summed E-state index contributed by atoms with van der Waals surface area (Å²) < 4.78 is 5.37. The highest BCUT2D eigenvalue weighted by molar-refractivity contribution is 6.36. The summed E-state index contributed by atoms with van der Waals surface area (Å²) in [5.41, 5.74) is 0.361. The van der Waals surface area contributed by atoms with E-state index in [0.717, 1.165) is 29.3 Å². The Morgan fingerprint density at radius 1 is 0.810 bits per heavy atom. The molecule has 214 valence electrons. The lowest BCUT2D eigenvalue weighted by Gasteiger charge is -2.31. The molecule has 3 aliphatic rings. The zero-order chi connectivity index (χ0) is 29.7. The lowest BCUT2D eigenvalue weighted by molar-refractivity contribution is -0.155. The fourth-order valence-electron chi connectivity index (χ4n) is 6.39. The van der Waals surface area contributed by atoms with Gasteiger partial charge in [-0.2, -0.15) is 5.01 Å². The predicted octanol–water partition coefficient (Wildman–Crippen LogP) is 6.14. The van der Waals surface area contributed by atoms with E-state index in [1.807, 2.05) is 0 Å². The van der Waals surface area contributed by atoms with Crippen LogP contribution in [-0.4, -0.2) is 46.0 Å². The van der Waals surface area contributed by atoms with Crippen LogP contribution in [0.1, 0.15) is 50.3 Å². The minimum atomic E-state index is -0.728. The van der Waals surface area contributed by atoms with Gasteiger partial charge in [-0.15, -0.1) is 0 Å². The van der Waals surface area contributed by atoms with Gasteiger partial charge in [-0.25, -0.2) is 9.80 Å². The highest BCUT2D eigenvalue weighted by Gasteiger charge is 2.62. The number of imide groups is 1. The van der Waals surface area contributed by atoms with Crippen LogP contribution in [0.4, 0.5) is 0 Å². The van der Waals surface area contributed by atoms with Gasteiger partial charge in [0.2, 0.25) is 0 Å². The van der Waals surface area contributed by atoms with E-state index in [4.69, 9.17) is 39.5 Å². The Morgan fingerprint density at radius 2 is 1.45 bits per heavy atom. The van der Waals surface area contributed by atoms with Gasteiger partial charge >= 0.3 is 5.97 Å². The summed E-state index contributed by atoms with van der Waals surface area (Å²) in [4.78, 5) is 66.9. The smallest absolute Gasteiger partial charge is 0.345 e. The van der Waals surface area contributed by atoms with Crippen molar-refractivity contribution in [2.75, 3.05) is 6.54 Å². The number of nitrogens with zero attached hydrogens (tertiary/aromatic N) is 2. The largest absolute Gasteiger partial charge is 0.423 e. The molecule has 2 saturated carbocycles. The minimum absolute atomic E-state index is 0.0655. The van der Waals surface area contributed by atoms with Crippen LogP contribution in [0.5, 0.6) is 5.75 Å². The number of benzene rings is 3. The summed E-state index contributed by atoms with van der Waals surface area (Å²) in [6.45, 7) is -0.574. The maximum Gasteiger partial charge on any atom is 0.345 e. The Labute approximate surface area is 256 Å². The second kappa shape index (κ2) is 11.2. The van der Waals surface area contributed by atoms with Gasteiger partial charge in [0.25, 0.3) is 17.7 Å². The molecule has 4 atom stereocenters. The topological polar surface area (TPSA) is 101 Å². The van der Waals surface area contributed by atoms with Gasteiger partial charge in [0, 0.05) is 10.6 Å². The number of carbonyl (C=O) groups is 5. The zero-order valence-corrected chi connectivity index (χ0v) is 24.2. The number of hydrazine groups is 1. The number of hydrogen-bond donors (Lipinski definition) is 0. The van der Waals surface area contributed by atoms with Crippen LogP contribution in [0.25, 0.3) is 0 Å². The van der Waals surface area contributed by atoms with Crippen molar-refractivity contribution < 1.29 is 28.7 Å². The number of Topliss-reactive ketones (excluding diaryl/α,β-unsaturated/α-hetero) is 1. The Morgan fingerprint density at radius 3 is 2.07 bits per heavy atom. The third kappa shape index (κ3) is 4.97. The van der Waals surface area contributed by atoms with Crippen molar-refractivity contribution in [2.24, 2.45) is 23.7 Å². The highest BCUT2D eigenvalue weighted by Crippen LogP contribution is 2.56. The SMILES string of the molecule is O=C(CN(C(=O)c1ccccc1Cl)N1C(=O)[C@@H]2[C@H]3CC[C@@H](C3)[C@@H]2C1=O)c1ccc(OC(=O)c2ccc(Cl)cc2Cl)cc1. The monoisotopic (exact) mass is 624 g/mol. The summed E-state index contributed by atoms with van der Waals surface area (Å²) in [7, 11) is 0. The molecule has 42 heavy (non-hydrogen) atoms. The van der Waals surface area contributed by atoms with Crippen LogP contribution in [0.3, 0.4) is 0 Å². The van der Waals surface area contributed by atoms with E-state index < -0.39 is 47.9 Å². The molecule has 0 unspecified atom stereocenters. The number of amides is 3. The predicted molar refractivity (Wildman–Crippen MR) is 154 cm³/mol. The van der Waals surface area contributed by atoms with Crippen molar-refractivity contribution in [3.05, 3.63) is 98.5 Å². The molecule has 8 nitrogen and oxygen atoms in total. The minimum Gasteiger partial charge on any atom is -0.423 e. The first-order chi connectivity index (χ1) is 20.1. The first kappa shape index (κ1) is 28.4. The van der Waals surface area contributed by atoms with Crippen molar-refractivity contribution in [1.29, 1.82) is 0 Å². The Hall–Kier alpha value is -3.72. The number of fused-ring (bicyclic) bond motifs is 5. The molecule has 1 aliphatic heterocycles. The Bertz CT molecular complexity index is 1610. The number of hydrogen-bond acceptors (Lipinski definition) is 6. The molecule has 1 saturated heterocycles. The van der Waals surface area contributed by atoms with Crippen LogP contribution in [0.2, 0.25) is 15.1 Å². The molecule has 0 spiro atoms. The van der Waals surface area contributed by atoms with E-state index in [1.54, 1.807) is 12.1 Å². The maximum atomic E-state index is 13.7. The van der Waals surface area contributed by atoms with Crippen LogP contribution >= 0.6 is 34.8 Å². The molecule has 1 heterocycles. The fourth-order valence-corrected chi connectivity index (χ4v) is 7.09. The van der Waals surface area contributed by atoms with E-state index in [2.05, 4.69) is 0 Å². The van der Waals surface area contributed by atoms with Gasteiger partial charge in [0.1, 0.15) is 12.3 Å². The molecule has 6 rings (SSSR count). The van der Waals surface area contributed by atoms with Gasteiger partial charge in [0.15, 0.2) is 5.78 Å². The van der Waals surface area contributed by atoms with E-state index in [9.17, 15) is 24.0 Å². The van der Waals surface area contributed by atoms with Crippen molar-refractivity contribution in [2.45, 2.75) is 19.3 Å². The Kier molecular flexibility index (Phi) is 7.55. The van der Waals surface area contributed by atoms with Gasteiger partial charge < -0.3 is 4.74 Å². The first-order valence-corrected chi connectivity index (χ1v) is 14.5. The standard InChI is InChI=1S/C31H23Cl3N2O6/c32-19-9-12-22(24(34)14-19)31(41)42-20-10-7-16(8-11-20)25(37)15-35(28(38)21-3-1-2-4-23(21)33)36-29(39)26-17-5-6-18(13-17)27(26)30(36)40/h1-4,7-12,14,17-18,26-27H,5-6,13,15H2/t17-,18-,26-,27+/m0/s1. The third-order valence-corrected chi connectivity index (χ3v) is 9.19. The quantitative estimate of drug-likeness (QED) is 0.135. The molecule has 3 aromatic carbocycles. The van der Waals surface area contributed by atoms with Crippen molar-refractivity contribution in [1.82, 2.24) is 10.0 Å². The van der Waals surface area contributed by atoms with E-state index in [0.29, 0.717) is 5.02 Å². The summed E-state index contributed by atoms with van der Waals surface area (Å²) in [6, 6.07) is 16.3. The van der Waals surface area contributed by atoms with Crippen LogP contribution < -0.4 is 4.74 Å². The van der Waals surface area contributed by atoms with Crippen molar-refractivity contribution in [3.63, 3.8) is 0 Å². The number of ketones is 1. The maximum absolute atomic E-state index is 13.7. The third-order valence-electron chi connectivity index (χ3n) is 8.32. The average Bonchev–Trinajstić information content (AvgIpc) is 3.65. The van der Waals surface area contributed by atoms with Gasteiger partial charge in [0.05, 0.1) is 33.0 Å². The summed E-state index contributed by atoms with van der Waals surface area (Å²) in [5, 5.41) is 2.42. The Balaban J connectivity index is 1.24. The zero-order valence-electron chi connectivity index (χ0n) is 22.0. The number of esters is 1. The molecular weight excluding hydrogens is 603 g/mol. The molecule has 0 radical (unpaired) electrons. The molecule has 3 aromatic rings. The van der Waals surface area contributed by atoms with Crippen molar-refractivity contribution in [3.8, 4) is 5.75 Å². The van der Waals surface area contributed by atoms with E-state index >= 15 is 0 Å². The molecule has 3 fully saturated rings. The normalized spacial score (nSPS) is 22.3. The van der Waals surface area contributed by atoms with Gasteiger partial charge in [-0.3, -0.25) is 19.2 Å². The van der Waals surface area contributed by atoms with Gasteiger partial charge in [-0.1, -0.05) is 46.9 Å². The molecule has 0 aromatic heterocycles. The molecule has 3 amide bonds. The number of rotatable bonds is 7. The molecule has 2 bridgehead atoms. The van der Waals surface area contributed by atoms with E-state index in [1.165, 1.54) is 54.6 Å². The second-order valence-electron chi connectivity index (χ2n) is 10.7. The molecule has 2 aliphatic carbocycles. The molecule has 11 heteroatoms. The van der Waals surface area contributed by atoms with Crippen molar-refractivity contribution >= 4 is 64.3 Å². The fraction of sp³-hybridized carbons (Fsp3) is 0.258. The first-order valence-electron chi connectivity index (χ1n) is 13.4. The molecular formula is C31H23Cl3N2O6. The number of carbonyl (C=O) groups excluding carboxylic acids is 5. The lowest BCUT2D eigenvalue weighted by atomic mass is 9.81. The average molecular weight is 626 g/mol. The van der Waals surface area contributed by atoms with E-state index in [-0.39, 0.29) is 44.3 Å². The highest BCUT2D eigenvalue weighted by atomic mass is 35.5. The number of halogens is 3. The molecule has 0 N–H and O–H groups in total. The number of ether oxygens (including phenoxy) is 1. The van der Waals surface area contributed by atoms with Crippen LogP contribution in [0, 0.1) is 23.7 Å². The summed E-state index contributed by atoms with van der Waals surface area (Å²) >= 11 is 18.3. The second-order valence-corrected chi connectivity index (χ2v) is 11.9.